The van der Waals surface area contributed by atoms with Crippen LogP contribution in [-0.2, 0) is 6.42 Å². The maximum absolute atomic E-state index is 12.0. The summed E-state index contributed by atoms with van der Waals surface area (Å²) < 4.78 is 0. The standard InChI is InChI=1S/C15H24N2O2S/c1-11(9-13-6-4-8-20-13)16-15(19)17-14-7-3-2-5-12(14)10-18/h4,6,8,11-12,14,18H,2-3,5,7,9-10H2,1H3,(H2,16,17,19). The third kappa shape index (κ3) is 4.49. The highest BCUT2D eigenvalue weighted by Gasteiger charge is 2.26. The number of carbonyl (C=O) groups excluding carboxylic acids is 1. The smallest absolute Gasteiger partial charge is 0.315 e. The molecule has 2 rings (SSSR count). The van der Waals surface area contributed by atoms with Crippen molar-refractivity contribution in [1.82, 2.24) is 10.6 Å². The first-order chi connectivity index (χ1) is 9.69. The summed E-state index contributed by atoms with van der Waals surface area (Å²) in [7, 11) is 0. The Kier molecular flexibility index (Phi) is 5.86. The van der Waals surface area contributed by atoms with E-state index >= 15 is 0 Å². The molecule has 0 aliphatic heterocycles. The van der Waals surface area contributed by atoms with Crippen LogP contribution in [0.4, 0.5) is 4.79 Å². The number of thiophene rings is 1. The predicted molar refractivity (Wildman–Crippen MR) is 82.0 cm³/mol. The quantitative estimate of drug-likeness (QED) is 0.782. The second-order valence-corrected chi connectivity index (χ2v) is 6.67. The highest BCUT2D eigenvalue weighted by molar-refractivity contribution is 7.09. The Bertz CT molecular complexity index is 408. The summed E-state index contributed by atoms with van der Waals surface area (Å²) in [4.78, 5) is 13.3. The van der Waals surface area contributed by atoms with Crippen LogP contribution in [0.1, 0.15) is 37.5 Å². The first-order valence-electron chi connectivity index (χ1n) is 7.39. The fourth-order valence-electron chi connectivity index (χ4n) is 2.83. The van der Waals surface area contributed by atoms with Crippen LogP contribution in [0, 0.1) is 5.92 Å². The molecule has 0 radical (unpaired) electrons. The van der Waals surface area contributed by atoms with Crippen molar-refractivity contribution in [3.05, 3.63) is 22.4 Å². The van der Waals surface area contributed by atoms with Crippen molar-refractivity contribution in [1.29, 1.82) is 0 Å². The number of carbonyl (C=O) groups is 1. The SMILES string of the molecule is CC(Cc1cccs1)NC(=O)NC1CCCCC1CO. The number of nitrogens with one attached hydrogen (secondary N) is 2. The normalized spacial score (nSPS) is 24.1. The van der Waals surface area contributed by atoms with Crippen molar-refractivity contribution >= 4 is 17.4 Å². The zero-order chi connectivity index (χ0) is 14.4. The number of hydrogen-bond acceptors (Lipinski definition) is 3. The molecule has 1 heterocycles. The maximum atomic E-state index is 12.0. The zero-order valence-electron chi connectivity index (χ0n) is 12.0. The van der Waals surface area contributed by atoms with Gasteiger partial charge in [0.1, 0.15) is 0 Å². The van der Waals surface area contributed by atoms with Gasteiger partial charge in [0.15, 0.2) is 0 Å². The van der Waals surface area contributed by atoms with Gasteiger partial charge >= 0.3 is 6.03 Å². The van der Waals surface area contributed by atoms with E-state index in [0.29, 0.717) is 0 Å². The van der Waals surface area contributed by atoms with Crippen LogP contribution in [-0.4, -0.2) is 29.8 Å². The van der Waals surface area contributed by atoms with E-state index < -0.39 is 0 Å². The van der Waals surface area contributed by atoms with E-state index in [-0.39, 0.29) is 30.6 Å². The Morgan fingerprint density at radius 1 is 1.50 bits per heavy atom. The van der Waals surface area contributed by atoms with Gasteiger partial charge < -0.3 is 15.7 Å². The van der Waals surface area contributed by atoms with Crippen LogP contribution in [0.5, 0.6) is 0 Å². The molecule has 1 aromatic heterocycles. The molecule has 20 heavy (non-hydrogen) atoms. The van der Waals surface area contributed by atoms with E-state index in [1.165, 1.54) is 4.88 Å². The minimum atomic E-state index is -0.112. The summed E-state index contributed by atoms with van der Waals surface area (Å²) >= 11 is 1.71. The highest BCUT2D eigenvalue weighted by atomic mass is 32.1. The number of aliphatic hydroxyl groups excluding tert-OH is 1. The fourth-order valence-corrected chi connectivity index (χ4v) is 3.67. The molecule has 0 spiro atoms. The Balaban J connectivity index is 1.76. The summed E-state index contributed by atoms with van der Waals surface area (Å²) in [6.45, 7) is 2.18. The van der Waals surface area contributed by atoms with Crippen LogP contribution in [0.25, 0.3) is 0 Å². The van der Waals surface area contributed by atoms with Gasteiger partial charge in [0.05, 0.1) is 0 Å². The summed E-state index contributed by atoms with van der Waals surface area (Å²) in [5, 5.41) is 17.4. The van der Waals surface area contributed by atoms with Crippen molar-refractivity contribution in [2.45, 2.75) is 51.1 Å². The molecule has 1 saturated carbocycles. The van der Waals surface area contributed by atoms with Crippen molar-refractivity contribution in [2.24, 2.45) is 5.92 Å². The lowest BCUT2D eigenvalue weighted by molar-refractivity contribution is 0.153. The number of rotatable bonds is 5. The van der Waals surface area contributed by atoms with Crippen molar-refractivity contribution in [2.75, 3.05) is 6.61 Å². The Labute approximate surface area is 124 Å². The molecule has 4 nitrogen and oxygen atoms in total. The molecule has 0 aromatic carbocycles. The van der Waals surface area contributed by atoms with Crippen molar-refractivity contribution < 1.29 is 9.90 Å². The third-order valence-corrected chi connectivity index (χ3v) is 4.82. The van der Waals surface area contributed by atoms with Gasteiger partial charge in [0.2, 0.25) is 0 Å². The summed E-state index contributed by atoms with van der Waals surface area (Å²) in [5.41, 5.74) is 0. The lowest BCUT2D eigenvalue weighted by Gasteiger charge is -2.31. The highest BCUT2D eigenvalue weighted by Crippen LogP contribution is 2.23. The molecule has 3 unspecified atom stereocenters. The van der Waals surface area contributed by atoms with Crippen LogP contribution in [0.3, 0.4) is 0 Å². The zero-order valence-corrected chi connectivity index (χ0v) is 12.8. The Morgan fingerprint density at radius 2 is 2.30 bits per heavy atom. The minimum absolute atomic E-state index is 0.112. The largest absolute Gasteiger partial charge is 0.396 e. The van der Waals surface area contributed by atoms with Gasteiger partial charge in [-0.05, 0) is 31.2 Å². The van der Waals surface area contributed by atoms with E-state index in [0.717, 1.165) is 32.1 Å². The van der Waals surface area contributed by atoms with E-state index in [2.05, 4.69) is 22.1 Å². The minimum Gasteiger partial charge on any atom is -0.396 e. The van der Waals surface area contributed by atoms with Crippen LogP contribution < -0.4 is 10.6 Å². The van der Waals surface area contributed by atoms with Crippen LogP contribution >= 0.6 is 11.3 Å². The second-order valence-electron chi connectivity index (χ2n) is 5.64. The average Bonchev–Trinajstić information content (AvgIpc) is 2.91. The predicted octanol–water partition coefficient (Wildman–Crippen LogP) is 2.53. The molecule has 2 amide bonds. The summed E-state index contributed by atoms with van der Waals surface area (Å²) in [5.74, 6) is 0.210. The maximum Gasteiger partial charge on any atom is 0.315 e. The van der Waals surface area contributed by atoms with E-state index in [1.54, 1.807) is 11.3 Å². The number of urea groups is 1. The van der Waals surface area contributed by atoms with Gasteiger partial charge in [0.25, 0.3) is 0 Å². The molecule has 1 aromatic rings. The number of aliphatic hydroxyl groups is 1. The molecule has 0 bridgehead atoms. The monoisotopic (exact) mass is 296 g/mol. The van der Waals surface area contributed by atoms with Gasteiger partial charge in [-0.1, -0.05) is 18.9 Å². The molecule has 1 fully saturated rings. The molecule has 112 valence electrons. The average molecular weight is 296 g/mol. The van der Waals surface area contributed by atoms with E-state index in [1.807, 2.05) is 13.0 Å². The first-order valence-corrected chi connectivity index (χ1v) is 8.27. The molecule has 3 N–H and O–H groups in total. The lowest BCUT2D eigenvalue weighted by Crippen LogP contribution is -2.50. The van der Waals surface area contributed by atoms with Gasteiger partial charge in [0, 0.05) is 35.9 Å². The molecule has 1 aliphatic rings. The molecule has 0 saturated heterocycles. The van der Waals surface area contributed by atoms with Gasteiger partial charge in [-0.2, -0.15) is 0 Å². The molecular weight excluding hydrogens is 272 g/mol. The Hall–Kier alpha value is -1.07. The van der Waals surface area contributed by atoms with Gasteiger partial charge in [-0.15, -0.1) is 11.3 Å². The van der Waals surface area contributed by atoms with Crippen LogP contribution in [0.2, 0.25) is 0 Å². The number of hydrogen-bond donors (Lipinski definition) is 3. The summed E-state index contributed by atoms with van der Waals surface area (Å²) in [6.07, 6.45) is 5.12. The van der Waals surface area contributed by atoms with Crippen molar-refractivity contribution in [3.63, 3.8) is 0 Å². The van der Waals surface area contributed by atoms with E-state index in [4.69, 9.17) is 0 Å². The lowest BCUT2D eigenvalue weighted by atomic mass is 9.85. The molecule has 5 heteroatoms. The first kappa shape index (κ1) is 15.3. The number of amides is 2. The Morgan fingerprint density at radius 3 is 3.00 bits per heavy atom. The molecular formula is C15H24N2O2S. The fraction of sp³-hybridized carbons (Fsp3) is 0.667. The second kappa shape index (κ2) is 7.64. The summed E-state index contributed by atoms with van der Waals surface area (Å²) in [6, 6.07) is 4.23. The van der Waals surface area contributed by atoms with Crippen LogP contribution in [0.15, 0.2) is 17.5 Å². The third-order valence-electron chi connectivity index (χ3n) is 3.93. The van der Waals surface area contributed by atoms with E-state index in [9.17, 15) is 9.90 Å². The molecule has 3 atom stereocenters. The van der Waals surface area contributed by atoms with Gasteiger partial charge in [-0.25, -0.2) is 4.79 Å². The molecule has 1 aliphatic carbocycles. The van der Waals surface area contributed by atoms with Gasteiger partial charge in [-0.3, -0.25) is 0 Å². The topological polar surface area (TPSA) is 61.4 Å². The van der Waals surface area contributed by atoms with Crippen molar-refractivity contribution in [3.8, 4) is 0 Å².